The molecule has 0 aliphatic carbocycles. The van der Waals surface area contributed by atoms with Gasteiger partial charge in [0.25, 0.3) is 0 Å². The second-order valence-electron chi connectivity index (χ2n) is 4.83. The largest absolute Gasteiger partial charge is 0.302 e. The predicted octanol–water partition coefficient (Wildman–Crippen LogP) is 4.91. The lowest BCUT2D eigenvalue weighted by Crippen LogP contribution is -2.10. The van der Waals surface area contributed by atoms with Crippen molar-refractivity contribution in [2.45, 2.75) is 84.5 Å². The number of hydrogen-bond acceptors (Lipinski definition) is 2. The molecule has 0 saturated heterocycles. The third-order valence-corrected chi connectivity index (χ3v) is 3.20. The van der Waals surface area contributed by atoms with E-state index in [0.717, 1.165) is 12.8 Å². The molecule has 0 spiro atoms. The molecular formula is C15H29NO. The zero-order valence-electron chi connectivity index (χ0n) is 11.7. The topological polar surface area (TPSA) is 40.9 Å². The molecular weight excluding hydrogens is 210 g/mol. The molecule has 100 valence electrons. The Kier molecular flexibility index (Phi) is 11.4. The van der Waals surface area contributed by atoms with Crippen LogP contribution in [-0.4, -0.2) is 11.5 Å². The maximum absolute atomic E-state index is 11.4. The Hall–Kier alpha value is -0.660. The van der Waals surface area contributed by atoms with Gasteiger partial charge in [-0.2, -0.15) is 0 Å². The van der Waals surface area contributed by atoms with Crippen LogP contribution in [0.4, 0.5) is 0 Å². The average Bonchev–Trinajstić information content (AvgIpc) is 2.35. The Morgan fingerprint density at radius 2 is 1.29 bits per heavy atom. The summed E-state index contributed by atoms with van der Waals surface area (Å²) in [5.41, 5.74) is 0.296. The Morgan fingerprint density at radius 1 is 0.824 bits per heavy atom. The molecule has 2 heteroatoms. The fourth-order valence-corrected chi connectivity index (χ4v) is 1.94. The Bertz CT molecular complexity index is 211. The van der Waals surface area contributed by atoms with Crippen LogP contribution in [0.2, 0.25) is 0 Å². The Morgan fingerprint density at radius 3 is 1.76 bits per heavy atom. The standard InChI is InChI=1S/C15H29NO/c1-3-5-6-7-8-9-10-11-12-13-15(17)14(16)4-2/h16H,3-13H2,1-2H3. The number of unbranched alkanes of at least 4 members (excludes halogenated alkanes) is 8. The first-order chi connectivity index (χ1) is 8.22. The molecule has 0 bridgehead atoms. The van der Waals surface area contributed by atoms with Gasteiger partial charge in [0.1, 0.15) is 0 Å². The van der Waals surface area contributed by atoms with E-state index in [1.807, 2.05) is 6.92 Å². The number of carbonyl (C=O) groups excluding carboxylic acids is 1. The van der Waals surface area contributed by atoms with E-state index in [0.29, 0.717) is 18.6 Å². The van der Waals surface area contributed by atoms with Crippen molar-refractivity contribution in [3.8, 4) is 0 Å². The molecule has 1 N–H and O–H groups in total. The second-order valence-corrected chi connectivity index (χ2v) is 4.83. The average molecular weight is 239 g/mol. The zero-order valence-corrected chi connectivity index (χ0v) is 11.7. The van der Waals surface area contributed by atoms with Gasteiger partial charge in [-0.15, -0.1) is 0 Å². The summed E-state index contributed by atoms with van der Waals surface area (Å²) in [4.78, 5) is 11.4. The van der Waals surface area contributed by atoms with Gasteiger partial charge in [0, 0.05) is 6.42 Å². The third kappa shape index (κ3) is 10.2. The SMILES string of the molecule is CCCCCCCCCCCC(=O)C(=N)CC. The van der Waals surface area contributed by atoms with Crippen LogP contribution in [-0.2, 0) is 4.79 Å². The van der Waals surface area contributed by atoms with Crippen molar-refractivity contribution in [3.63, 3.8) is 0 Å². The molecule has 0 heterocycles. The number of ketones is 1. The van der Waals surface area contributed by atoms with Crippen LogP contribution in [0, 0.1) is 5.41 Å². The molecule has 0 radical (unpaired) electrons. The van der Waals surface area contributed by atoms with E-state index in [-0.39, 0.29) is 5.78 Å². The van der Waals surface area contributed by atoms with E-state index in [9.17, 15) is 4.79 Å². The highest BCUT2D eigenvalue weighted by atomic mass is 16.1. The molecule has 17 heavy (non-hydrogen) atoms. The maximum atomic E-state index is 11.4. The van der Waals surface area contributed by atoms with E-state index in [4.69, 9.17) is 5.41 Å². The van der Waals surface area contributed by atoms with Crippen LogP contribution in [0.1, 0.15) is 84.5 Å². The molecule has 0 aliphatic rings. The molecule has 0 aliphatic heterocycles. The van der Waals surface area contributed by atoms with E-state index < -0.39 is 0 Å². The second kappa shape index (κ2) is 11.8. The zero-order chi connectivity index (χ0) is 12.9. The number of carbonyl (C=O) groups is 1. The highest BCUT2D eigenvalue weighted by Crippen LogP contribution is 2.10. The summed E-state index contributed by atoms with van der Waals surface area (Å²) in [5, 5.41) is 7.40. The molecule has 0 rings (SSSR count). The van der Waals surface area contributed by atoms with Crippen LogP contribution in [0.15, 0.2) is 0 Å². The highest BCUT2D eigenvalue weighted by Gasteiger charge is 2.05. The molecule has 0 aromatic heterocycles. The molecule has 0 unspecified atom stereocenters. The van der Waals surface area contributed by atoms with Crippen LogP contribution in [0.5, 0.6) is 0 Å². The molecule has 0 amide bonds. The molecule has 0 aromatic rings. The summed E-state index contributed by atoms with van der Waals surface area (Å²) >= 11 is 0. The molecule has 0 aromatic carbocycles. The van der Waals surface area contributed by atoms with Gasteiger partial charge in [-0.25, -0.2) is 0 Å². The fourth-order valence-electron chi connectivity index (χ4n) is 1.94. The number of nitrogens with one attached hydrogen (secondary N) is 1. The van der Waals surface area contributed by atoms with E-state index in [2.05, 4.69) is 6.92 Å². The molecule has 0 saturated carbocycles. The summed E-state index contributed by atoms with van der Waals surface area (Å²) < 4.78 is 0. The van der Waals surface area contributed by atoms with Crippen molar-refractivity contribution >= 4 is 11.5 Å². The van der Waals surface area contributed by atoms with Crippen molar-refractivity contribution in [3.05, 3.63) is 0 Å². The first kappa shape index (κ1) is 16.3. The van der Waals surface area contributed by atoms with Gasteiger partial charge >= 0.3 is 0 Å². The van der Waals surface area contributed by atoms with Gasteiger partial charge in [0.05, 0.1) is 5.71 Å². The van der Waals surface area contributed by atoms with Crippen LogP contribution in [0.3, 0.4) is 0 Å². The van der Waals surface area contributed by atoms with E-state index in [1.54, 1.807) is 0 Å². The molecule has 0 fully saturated rings. The smallest absolute Gasteiger partial charge is 0.176 e. The molecule has 2 nitrogen and oxygen atoms in total. The van der Waals surface area contributed by atoms with Crippen LogP contribution >= 0.6 is 0 Å². The Labute approximate surface area is 107 Å². The third-order valence-electron chi connectivity index (χ3n) is 3.20. The van der Waals surface area contributed by atoms with Crippen LogP contribution < -0.4 is 0 Å². The first-order valence-electron chi connectivity index (χ1n) is 7.33. The van der Waals surface area contributed by atoms with Gasteiger partial charge in [-0.3, -0.25) is 4.79 Å². The normalized spacial score (nSPS) is 10.5. The van der Waals surface area contributed by atoms with Crippen molar-refractivity contribution in [1.82, 2.24) is 0 Å². The summed E-state index contributed by atoms with van der Waals surface area (Å²) in [6, 6.07) is 0. The lowest BCUT2D eigenvalue weighted by Gasteiger charge is -2.02. The summed E-state index contributed by atoms with van der Waals surface area (Å²) in [6.07, 6.45) is 12.6. The highest BCUT2D eigenvalue weighted by molar-refractivity contribution is 6.38. The van der Waals surface area contributed by atoms with Crippen LogP contribution in [0.25, 0.3) is 0 Å². The van der Waals surface area contributed by atoms with Gasteiger partial charge < -0.3 is 5.41 Å². The fraction of sp³-hybridized carbons (Fsp3) is 0.867. The lowest BCUT2D eigenvalue weighted by atomic mass is 10.0. The maximum Gasteiger partial charge on any atom is 0.176 e. The van der Waals surface area contributed by atoms with Crippen molar-refractivity contribution in [1.29, 1.82) is 5.41 Å². The minimum atomic E-state index is 0.0513. The number of Topliss-reactive ketones (excluding diaryl/α,β-unsaturated/α-hetero) is 1. The van der Waals surface area contributed by atoms with Gasteiger partial charge in [0.15, 0.2) is 5.78 Å². The summed E-state index contributed by atoms with van der Waals surface area (Å²) in [5.74, 6) is 0.0513. The first-order valence-corrected chi connectivity index (χ1v) is 7.33. The van der Waals surface area contributed by atoms with Gasteiger partial charge in [0.2, 0.25) is 0 Å². The van der Waals surface area contributed by atoms with E-state index >= 15 is 0 Å². The predicted molar refractivity (Wildman–Crippen MR) is 74.9 cm³/mol. The van der Waals surface area contributed by atoms with Crippen molar-refractivity contribution < 1.29 is 4.79 Å². The van der Waals surface area contributed by atoms with E-state index in [1.165, 1.54) is 44.9 Å². The summed E-state index contributed by atoms with van der Waals surface area (Å²) in [6.45, 7) is 4.11. The number of hydrogen-bond donors (Lipinski definition) is 1. The van der Waals surface area contributed by atoms with Gasteiger partial charge in [-0.05, 0) is 12.8 Å². The monoisotopic (exact) mass is 239 g/mol. The van der Waals surface area contributed by atoms with Crippen molar-refractivity contribution in [2.75, 3.05) is 0 Å². The lowest BCUT2D eigenvalue weighted by molar-refractivity contribution is -0.113. The van der Waals surface area contributed by atoms with Crippen molar-refractivity contribution in [2.24, 2.45) is 0 Å². The minimum Gasteiger partial charge on any atom is -0.302 e. The molecule has 0 atom stereocenters. The quantitative estimate of drug-likeness (QED) is 0.381. The minimum absolute atomic E-state index is 0.0513. The Balaban J connectivity index is 3.18. The summed E-state index contributed by atoms with van der Waals surface area (Å²) in [7, 11) is 0. The van der Waals surface area contributed by atoms with Gasteiger partial charge in [-0.1, -0.05) is 65.2 Å². The number of rotatable bonds is 12.